The number of aryl methyl sites for hydroxylation is 1. The lowest BCUT2D eigenvalue weighted by atomic mass is 9.83. The lowest BCUT2D eigenvalue weighted by Crippen LogP contribution is -2.54. The molecule has 2 aliphatic heterocycles. The second-order valence-corrected chi connectivity index (χ2v) is 7.42. The van der Waals surface area contributed by atoms with Crippen molar-refractivity contribution in [3.63, 3.8) is 0 Å². The summed E-state index contributed by atoms with van der Waals surface area (Å²) in [6.45, 7) is 5.18. The number of rotatable bonds is 3. The lowest BCUT2D eigenvalue weighted by Gasteiger charge is -2.48. The number of nitrogens with zero attached hydrogens (tertiary/aromatic N) is 3. The Hall–Kier alpha value is -1.62. The Labute approximate surface area is 137 Å². The van der Waals surface area contributed by atoms with Gasteiger partial charge in [0.15, 0.2) is 0 Å². The number of likely N-dealkylation sites (tertiary alicyclic amines) is 1. The Bertz CT molecular complexity index is 614. The smallest absolute Gasteiger partial charge is 0.292 e. The number of nitro groups is 1. The van der Waals surface area contributed by atoms with Crippen LogP contribution in [0.3, 0.4) is 0 Å². The van der Waals surface area contributed by atoms with Crippen molar-refractivity contribution in [3.05, 3.63) is 33.9 Å². The maximum absolute atomic E-state index is 11.4. The normalized spacial score (nSPS) is 28.5. The summed E-state index contributed by atoms with van der Waals surface area (Å²) in [7, 11) is 0. The molecule has 5 heteroatoms. The first-order chi connectivity index (χ1) is 11.1. The van der Waals surface area contributed by atoms with E-state index in [0.717, 1.165) is 36.8 Å². The molecule has 2 heterocycles. The molecule has 0 radical (unpaired) electrons. The molecule has 0 amide bonds. The molecule has 1 saturated carbocycles. The van der Waals surface area contributed by atoms with Crippen LogP contribution < -0.4 is 4.90 Å². The van der Waals surface area contributed by atoms with Gasteiger partial charge in [0.2, 0.25) is 0 Å². The largest absolute Gasteiger partial charge is 0.366 e. The first-order valence-corrected chi connectivity index (χ1v) is 8.89. The molecule has 2 saturated heterocycles. The molecule has 124 valence electrons. The zero-order valence-electron chi connectivity index (χ0n) is 13.8. The molecule has 2 unspecified atom stereocenters. The molecular formula is C18H25N3O2. The summed E-state index contributed by atoms with van der Waals surface area (Å²) in [6.07, 6.45) is 6.43. The van der Waals surface area contributed by atoms with E-state index < -0.39 is 0 Å². The summed E-state index contributed by atoms with van der Waals surface area (Å²) >= 11 is 0. The lowest BCUT2D eigenvalue weighted by molar-refractivity contribution is -0.384. The van der Waals surface area contributed by atoms with Crippen LogP contribution >= 0.6 is 0 Å². The summed E-state index contributed by atoms with van der Waals surface area (Å²) in [5.74, 6) is 0.665. The molecule has 2 atom stereocenters. The van der Waals surface area contributed by atoms with Crippen molar-refractivity contribution in [2.45, 2.75) is 51.1 Å². The highest BCUT2D eigenvalue weighted by Crippen LogP contribution is 2.40. The summed E-state index contributed by atoms with van der Waals surface area (Å²) in [6, 6.07) is 7.02. The van der Waals surface area contributed by atoms with Gasteiger partial charge in [-0.05, 0) is 63.1 Å². The maximum Gasteiger partial charge on any atom is 0.292 e. The van der Waals surface area contributed by atoms with Crippen LogP contribution in [0.15, 0.2) is 18.2 Å². The fraction of sp³-hybridized carbons (Fsp3) is 0.667. The van der Waals surface area contributed by atoms with Gasteiger partial charge in [-0.2, -0.15) is 0 Å². The van der Waals surface area contributed by atoms with Gasteiger partial charge in [0.1, 0.15) is 5.69 Å². The molecule has 3 fully saturated rings. The van der Waals surface area contributed by atoms with E-state index in [1.54, 1.807) is 6.07 Å². The SMILES string of the molecule is Cc1ccc([N+](=O)[O-])c(N2CCC3C(CCCN3C3CC3)C2)c1. The minimum absolute atomic E-state index is 0.238. The van der Waals surface area contributed by atoms with Crippen LogP contribution in [0, 0.1) is 23.0 Å². The molecule has 3 aliphatic rings. The Morgan fingerprint density at radius 1 is 1.17 bits per heavy atom. The predicted octanol–water partition coefficient (Wildman–Crippen LogP) is 3.36. The first-order valence-electron chi connectivity index (χ1n) is 8.89. The Morgan fingerprint density at radius 3 is 2.74 bits per heavy atom. The van der Waals surface area contributed by atoms with E-state index in [0.29, 0.717) is 12.0 Å². The molecule has 5 nitrogen and oxygen atoms in total. The van der Waals surface area contributed by atoms with Crippen molar-refractivity contribution < 1.29 is 4.92 Å². The van der Waals surface area contributed by atoms with Gasteiger partial charge in [0.25, 0.3) is 5.69 Å². The van der Waals surface area contributed by atoms with E-state index in [4.69, 9.17) is 0 Å². The van der Waals surface area contributed by atoms with Gasteiger partial charge in [-0.25, -0.2) is 0 Å². The monoisotopic (exact) mass is 315 g/mol. The van der Waals surface area contributed by atoms with Crippen LogP contribution in [0.1, 0.15) is 37.7 Å². The second kappa shape index (κ2) is 5.78. The first kappa shape index (κ1) is 14.9. The van der Waals surface area contributed by atoms with Crippen LogP contribution in [-0.4, -0.2) is 41.5 Å². The third kappa shape index (κ3) is 2.82. The van der Waals surface area contributed by atoms with E-state index in [1.165, 1.54) is 32.2 Å². The van der Waals surface area contributed by atoms with Crippen molar-refractivity contribution in [3.8, 4) is 0 Å². The molecule has 1 aromatic rings. The average Bonchev–Trinajstić information content (AvgIpc) is 3.38. The molecule has 0 N–H and O–H groups in total. The molecule has 1 aliphatic carbocycles. The standard InChI is InChI=1S/C18H25N3O2/c1-13-4-7-17(21(22)23)18(11-13)19-10-8-16-14(12-19)3-2-9-20(16)15-5-6-15/h4,7,11,14-16H,2-3,5-6,8-10,12H2,1H3. The van der Waals surface area contributed by atoms with Gasteiger partial charge in [-0.3, -0.25) is 15.0 Å². The van der Waals surface area contributed by atoms with Gasteiger partial charge in [0.05, 0.1) is 4.92 Å². The molecular weight excluding hydrogens is 290 g/mol. The Morgan fingerprint density at radius 2 is 2.00 bits per heavy atom. The number of benzene rings is 1. The Balaban J connectivity index is 1.56. The van der Waals surface area contributed by atoms with Crippen LogP contribution in [0.25, 0.3) is 0 Å². The summed E-state index contributed by atoms with van der Waals surface area (Å²) in [5.41, 5.74) is 2.16. The van der Waals surface area contributed by atoms with Crippen molar-refractivity contribution in [2.75, 3.05) is 24.5 Å². The number of hydrogen-bond donors (Lipinski definition) is 0. The zero-order valence-corrected chi connectivity index (χ0v) is 13.8. The third-order valence-corrected chi connectivity index (χ3v) is 5.80. The quantitative estimate of drug-likeness (QED) is 0.634. The van der Waals surface area contributed by atoms with Gasteiger partial charge >= 0.3 is 0 Å². The highest BCUT2D eigenvalue weighted by Gasteiger charge is 2.42. The van der Waals surface area contributed by atoms with Crippen molar-refractivity contribution >= 4 is 11.4 Å². The number of nitro benzene ring substituents is 1. The molecule has 1 aromatic carbocycles. The highest BCUT2D eigenvalue weighted by molar-refractivity contribution is 5.64. The van der Waals surface area contributed by atoms with E-state index in [9.17, 15) is 10.1 Å². The molecule has 23 heavy (non-hydrogen) atoms. The van der Waals surface area contributed by atoms with E-state index in [2.05, 4.69) is 9.80 Å². The van der Waals surface area contributed by atoms with Crippen molar-refractivity contribution in [1.29, 1.82) is 0 Å². The van der Waals surface area contributed by atoms with Crippen molar-refractivity contribution in [1.82, 2.24) is 4.90 Å². The Kier molecular flexibility index (Phi) is 3.76. The topological polar surface area (TPSA) is 49.6 Å². The van der Waals surface area contributed by atoms with Gasteiger partial charge in [0, 0.05) is 31.2 Å². The fourth-order valence-corrected chi connectivity index (χ4v) is 4.56. The van der Waals surface area contributed by atoms with E-state index in [1.807, 2.05) is 19.1 Å². The van der Waals surface area contributed by atoms with Gasteiger partial charge in [-0.15, -0.1) is 0 Å². The fourth-order valence-electron chi connectivity index (χ4n) is 4.56. The number of hydrogen-bond acceptors (Lipinski definition) is 4. The molecule has 4 rings (SSSR count). The van der Waals surface area contributed by atoms with Crippen LogP contribution in [0.5, 0.6) is 0 Å². The zero-order chi connectivity index (χ0) is 16.0. The highest BCUT2D eigenvalue weighted by atomic mass is 16.6. The number of fused-ring (bicyclic) bond motifs is 1. The van der Waals surface area contributed by atoms with E-state index in [-0.39, 0.29) is 10.6 Å². The minimum Gasteiger partial charge on any atom is -0.366 e. The minimum atomic E-state index is -0.238. The van der Waals surface area contributed by atoms with E-state index >= 15 is 0 Å². The third-order valence-electron chi connectivity index (χ3n) is 5.80. The van der Waals surface area contributed by atoms with Crippen molar-refractivity contribution in [2.24, 2.45) is 5.92 Å². The maximum atomic E-state index is 11.4. The second-order valence-electron chi connectivity index (χ2n) is 7.42. The average molecular weight is 315 g/mol. The predicted molar refractivity (Wildman–Crippen MR) is 90.9 cm³/mol. The number of piperidine rings is 2. The summed E-state index contributed by atoms with van der Waals surface area (Å²) < 4.78 is 0. The molecule has 0 bridgehead atoms. The van der Waals surface area contributed by atoms with Gasteiger partial charge in [-0.1, -0.05) is 6.07 Å². The van der Waals surface area contributed by atoms with Crippen LogP contribution in [0.4, 0.5) is 11.4 Å². The van der Waals surface area contributed by atoms with Gasteiger partial charge < -0.3 is 4.90 Å². The number of anilines is 1. The van der Waals surface area contributed by atoms with Crippen LogP contribution in [-0.2, 0) is 0 Å². The summed E-state index contributed by atoms with van der Waals surface area (Å²) in [5, 5.41) is 11.4. The molecule has 0 spiro atoms. The summed E-state index contributed by atoms with van der Waals surface area (Å²) in [4.78, 5) is 16.2. The molecule has 0 aromatic heterocycles. The van der Waals surface area contributed by atoms with Crippen LogP contribution in [0.2, 0.25) is 0 Å².